The number of hydrogen-bond acceptors (Lipinski definition) is 7. The molecule has 1 aliphatic heterocycles. The second kappa shape index (κ2) is 8.85. The number of nitrogens with one attached hydrogen (secondary N) is 1. The highest BCUT2D eigenvalue weighted by Crippen LogP contribution is 2.27. The minimum Gasteiger partial charge on any atom is -0.368 e. The van der Waals surface area contributed by atoms with Gasteiger partial charge < -0.3 is 10.2 Å². The molecule has 4 heterocycles. The molecule has 0 spiro atoms. The molecule has 0 radical (unpaired) electrons. The molecule has 1 N–H and O–H groups in total. The highest BCUT2D eigenvalue weighted by atomic mass is 16.2. The zero-order chi connectivity index (χ0) is 23.8. The Kier molecular flexibility index (Phi) is 5.72. The summed E-state index contributed by atoms with van der Waals surface area (Å²) in [5, 5.41) is 16.5. The van der Waals surface area contributed by atoms with E-state index in [-0.39, 0.29) is 11.9 Å². The summed E-state index contributed by atoms with van der Waals surface area (Å²) in [4.78, 5) is 26.3. The van der Waals surface area contributed by atoms with Gasteiger partial charge in [0.05, 0.1) is 29.7 Å². The van der Waals surface area contributed by atoms with Crippen LogP contribution in [0.4, 0.5) is 5.82 Å². The summed E-state index contributed by atoms with van der Waals surface area (Å²) in [5.74, 6) is 2.41. The number of amides is 1. The van der Waals surface area contributed by atoms with Gasteiger partial charge in [-0.15, -0.1) is 5.10 Å². The molecule has 10 nitrogen and oxygen atoms in total. The molecule has 1 amide bonds. The quantitative estimate of drug-likeness (QED) is 0.489. The van der Waals surface area contributed by atoms with Crippen LogP contribution in [0.3, 0.4) is 0 Å². The number of rotatable bonds is 5. The Labute approximate surface area is 198 Å². The van der Waals surface area contributed by atoms with Crippen LogP contribution in [0.15, 0.2) is 36.7 Å². The summed E-state index contributed by atoms with van der Waals surface area (Å²) < 4.78 is 1.73. The molecule has 1 unspecified atom stereocenters. The first-order valence-electron chi connectivity index (χ1n) is 11.6. The van der Waals surface area contributed by atoms with Crippen LogP contribution in [0.25, 0.3) is 11.5 Å². The van der Waals surface area contributed by atoms with Crippen molar-refractivity contribution in [3.8, 4) is 5.69 Å². The van der Waals surface area contributed by atoms with Gasteiger partial charge in [0.2, 0.25) is 0 Å². The lowest BCUT2D eigenvalue weighted by molar-refractivity contribution is 0.0539. The first-order valence-corrected chi connectivity index (χ1v) is 11.6. The van der Waals surface area contributed by atoms with E-state index in [4.69, 9.17) is 0 Å². The fourth-order valence-electron chi connectivity index (χ4n) is 4.72. The third-order valence-electron chi connectivity index (χ3n) is 6.43. The van der Waals surface area contributed by atoms with E-state index < -0.39 is 0 Å². The van der Waals surface area contributed by atoms with Crippen molar-refractivity contribution in [2.75, 3.05) is 18.4 Å². The van der Waals surface area contributed by atoms with E-state index in [1.54, 1.807) is 16.9 Å². The number of aryl methyl sites for hydroxylation is 3. The lowest BCUT2D eigenvalue weighted by Gasteiger charge is -2.40. The highest BCUT2D eigenvalue weighted by molar-refractivity contribution is 5.98. The predicted molar refractivity (Wildman–Crippen MR) is 128 cm³/mol. The van der Waals surface area contributed by atoms with Gasteiger partial charge in [0.1, 0.15) is 11.6 Å². The molecule has 0 bridgehead atoms. The summed E-state index contributed by atoms with van der Waals surface area (Å²) in [6, 6.07) is 7.80. The van der Waals surface area contributed by atoms with Gasteiger partial charge in [-0.2, -0.15) is 24.5 Å². The second-order valence-electron chi connectivity index (χ2n) is 9.06. The largest absolute Gasteiger partial charge is 0.368 e. The molecular formula is C24H29N9O. The first-order chi connectivity index (χ1) is 16.4. The number of piperidine rings is 1. The Morgan fingerprint density at radius 1 is 1.12 bits per heavy atom. The standard InChI is InChI=1S/C24H29N9O/c1-15-7-8-20(33-26-9-10-27-33)19(12-15)23(34)31-11-5-6-16(2)21(31)14-25-22-13-17(3)28-24-29-18(4)30-32(22)24/h7-10,12-13,16,21,25H,5-6,11,14H2,1-4H3/t16-,21?/m1/s1. The van der Waals surface area contributed by atoms with Crippen LogP contribution >= 0.6 is 0 Å². The van der Waals surface area contributed by atoms with E-state index in [0.29, 0.717) is 41.9 Å². The van der Waals surface area contributed by atoms with Gasteiger partial charge in [-0.05, 0) is 51.7 Å². The Morgan fingerprint density at radius 3 is 2.71 bits per heavy atom. The number of hydrogen-bond donors (Lipinski definition) is 1. The number of carbonyl (C=O) groups excluding carboxylic acids is 1. The number of aromatic nitrogens is 7. The van der Waals surface area contributed by atoms with Gasteiger partial charge in [0, 0.05) is 24.8 Å². The van der Waals surface area contributed by atoms with Crippen molar-refractivity contribution in [2.45, 2.75) is 46.6 Å². The molecule has 0 aliphatic carbocycles. The van der Waals surface area contributed by atoms with E-state index in [2.05, 4.69) is 37.5 Å². The number of fused-ring (bicyclic) bond motifs is 1. The maximum Gasteiger partial charge on any atom is 0.256 e. The Balaban J connectivity index is 1.45. The van der Waals surface area contributed by atoms with Crippen LogP contribution in [-0.4, -0.2) is 64.5 Å². The third kappa shape index (κ3) is 4.11. The van der Waals surface area contributed by atoms with Gasteiger partial charge in [-0.3, -0.25) is 4.79 Å². The fraction of sp³-hybridized carbons (Fsp3) is 0.417. The zero-order valence-electron chi connectivity index (χ0n) is 19.9. The van der Waals surface area contributed by atoms with Gasteiger partial charge in [0.25, 0.3) is 11.7 Å². The number of carbonyl (C=O) groups is 1. The Morgan fingerprint density at radius 2 is 1.91 bits per heavy atom. The maximum atomic E-state index is 13.9. The SMILES string of the molecule is Cc1ccc(-n2nccn2)c(C(=O)N2CCC[C@@H](C)C2CNc2cc(C)nc3nc(C)nn23)c1. The molecule has 5 rings (SSSR count). The van der Waals surface area contributed by atoms with Gasteiger partial charge >= 0.3 is 0 Å². The van der Waals surface area contributed by atoms with E-state index >= 15 is 0 Å². The van der Waals surface area contributed by atoms with Crippen molar-refractivity contribution in [3.63, 3.8) is 0 Å². The zero-order valence-corrected chi connectivity index (χ0v) is 19.9. The van der Waals surface area contributed by atoms with Crippen molar-refractivity contribution in [2.24, 2.45) is 5.92 Å². The molecule has 176 valence electrons. The van der Waals surface area contributed by atoms with Crippen molar-refractivity contribution in [1.29, 1.82) is 0 Å². The van der Waals surface area contributed by atoms with E-state index in [1.165, 1.54) is 4.80 Å². The van der Waals surface area contributed by atoms with Crippen molar-refractivity contribution in [3.05, 3.63) is 59.3 Å². The van der Waals surface area contributed by atoms with Crippen molar-refractivity contribution >= 4 is 17.5 Å². The first kappa shape index (κ1) is 22.0. The lowest BCUT2D eigenvalue weighted by atomic mass is 9.89. The average molecular weight is 460 g/mol. The normalized spacial score (nSPS) is 18.4. The smallest absolute Gasteiger partial charge is 0.256 e. The summed E-state index contributed by atoms with van der Waals surface area (Å²) in [6.07, 6.45) is 5.29. The molecule has 1 aromatic carbocycles. The molecule has 4 aromatic rings. The number of benzene rings is 1. The Bertz CT molecular complexity index is 1330. The second-order valence-corrected chi connectivity index (χ2v) is 9.06. The average Bonchev–Trinajstić information content (AvgIpc) is 3.46. The van der Waals surface area contributed by atoms with Crippen LogP contribution in [-0.2, 0) is 0 Å². The topological polar surface area (TPSA) is 106 Å². The highest BCUT2D eigenvalue weighted by Gasteiger charge is 2.33. The molecular weight excluding hydrogens is 430 g/mol. The summed E-state index contributed by atoms with van der Waals surface area (Å²) in [7, 11) is 0. The van der Waals surface area contributed by atoms with Crippen LogP contribution < -0.4 is 5.32 Å². The molecule has 34 heavy (non-hydrogen) atoms. The molecule has 2 atom stereocenters. The summed E-state index contributed by atoms with van der Waals surface area (Å²) in [6.45, 7) is 9.31. The minimum atomic E-state index is 0.00186. The fourth-order valence-corrected chi connectivity index (χ4v) is 4.72. The Hall–Kier alpha value is -3.82. The van der Waals surface area contributed by atoms with Gasteiger partial charge in [-0.25, -0.2) is 4.98 Å². The van der Waals surface area contributed by atoms with Crippen LogP contribution in [0, 0.1) is 26.7 Å². The van der Waals surface area contributed by atoms with Gasteiger partial charge in [-0.1, -0.05) is 18.6 Å². The minimum absolute atomic E-state index is 0.00186. The van der Waals surface area contributed by atoms with Crippen molar-refractivity contribution in [1.82, 2.24) is 39.5 Å². The molecule has 1 fully saturated rings. The molecule has 1 aliphatic rings. The van der Waals surface area contributed by atoms with Gasteiger partial charge in [0.15, 0.2) is 0 Å². The van der Waals surface area contributed by atoms with Crippen LogP contribution in [0.1, 0.15) is 47.2 Å². The monoisotopic (exact) mass is 459 g/mol. The van der Waals surface area contributed by atoms with E-state index in [0.717, 1.165) is 29.9 Å². The molecule has 0 saturated carbocycles. The molecule has 10 heteroatoms. The van der Waals surface area contributed by atoms with Crippen molar-refractivity contribution < 1.29 is 4.79 Å². The van der Waals surface area contributed by atoms with Crippen LogP contribution in [0.5, 0.6) is 0 Å². The lowest BCUT2D eigenvalue weighted by Crippen LogP contribution is -2.51. The maximum absolute atomic E-state index is 13.9. The number of anilines is 1. The molecule has 3 aromatic heterocycles. The van der Waals surface area contributed by atoms with E-state index in [9.17, 15) is 4.79 Å². The van der Waals surface area contributed by atoms with E-state index in [1.807, 2.05) is 49.9 Å². The summed E-state index contributed by atoms with van der Waals surface area (Å²) >= 11 is 0. The summed E-state index contributed by atoms with van der Waals surface area (Å²) in [5.41, 5.74) is 3.19. The molecule has 1 saturated heterocycles. The third-order valence-corrected chi connectivity index (χ3v) is 6.43. The number of nitrogens with zero attached hydrogens (tertiary/aromatic N) is 8. The predicted octanol–water partition coefficient (Wildman–Crippen LogP) is 2.98. The van der Waals surface area contributed by atoms with Crippen LogP contribution in [0.2, 0.25) is 0 Å². The number of likely N-dealkylation sites (tertiary alicyclic amines) is 1.